The van der Waals surface area contributed by atoms with Crippen LogP contribution in [-0.2, 0) is 4.79 Å². The molecule has 2 aromatic carbocycles. The summed E-state index contributed by atoms with van der Waals surface area (Å²) in [5.41, 5.74) is 2.78. The van der Waals surface area contributed by atoms with Crippen molar-refractivity contribution in [2.45, 2.75) is 13.3 Å². The lowest BCUT2D eigenvalue weighted by atomic mass is 10.1. The molecular formula is C22H26N2O4. The van der Waals surface area contributed by atoms with Crippen molar-refractivity contribution >= 4 is 17.9 Å². The fourth-order valence-corrected chi connectivity index (χ4v) is 3.35. The fourth-order valence-electron chi connectivity index (χ4n) is 3.35. The van der Waals surface area contributed by atoms with Crippen molar-refractivity contribution in [2.75, 3.05) is 44.8 Å². The molecule has 6 nitrogen and oxygen atoms in total. The first-order valence-corrected chi connectivity index (χ1v) is 9.46. The SMILES string of the molecule is COc1ccccc1OCCC(=O)N1CCN(c2ccc(C=O)c(C)c2)CC1. The van der Waals surface area contributed by atoms with Gasteiger partial charge in [-0.3, -0.25) is 9.59 Å². The molecule has 1 amide bonds. The number of piperazine rings is 1. The summed E-state index contributed by atoms with van der Waals surface area (Å²) in [5, 5.41) is 0. The van der Waals surface area contributed by atoms with E-state index in [4.69, 9.17) is 9.47 Å². The van der Waals surface area contributed by atoms with Crippen LogP contribution >= 0.6 is 0 Å². The van der Waals surface area contributed by atoms with Crippen molar-refractivity contribution in [1.82, 2.24) is 4.90 Å². The van der Waals surface area contributed by atoms with Crippen LogP contribution in [0.15, 0.2) is 42.5 Å². The second kappa shape index (κ2) is 9.26. The first kappa shape index (κ1) is 19.7. The zero-order valence-electron chi connectivity index (χ0n) is 16.4. The van der Waals surface area contributed by atoms with Crippen molar-refractivity contribution in [3.63, 3.8) is 0 Å². The van der Waals surface area contributed by atoms with Gasteiger partial charge in [0.05, 0.1) is 20.1 Å². The van der Waals surface area contributed by atoms with E-state index in [0.717, 1.165) is 30.6 Å². The van der Waals surface area contributed by atoms with Crippen LogP contribution in [0.25, 0.3) is 0 Å². The molecule has 0 spiro atoms. The minimum atomic E-state index is 0.0991. The van der Waals surface area contributed by atoms with Crippen molar-refractivity contribution in [2.24, 2.45) is 0 Å². The third kappa shape index (κ3) is 4.63. The van der Waals surface area contributed by atoms with Crippen molar-refractivity contribution in [3.05, 3.63) is 53.6 Å². The summed E-state index contributed by atoms with van der Waals surface area (Å²) in [7, 11) is 1.60. The lowest BCUT2D eigenvalue weighted by Gasteiger charge is -2.36. The predicted octanol–water partition coefficient (Wildman–Crippen LogP) is 2.93. The summed E-state index contributed by atoms with van der Waals surface area (Å²) < 4.78 is 11.0. The lowest BCUT2D eigenvalue weighted by molar-refractivity contribution is -0.132. The van der Waals surface area contributed by atoms with Crippen LogP contribution in [0.3, 0.4) is 0 Å². The minimum absolute atomic E-state index is 0.0991. The Hall–Kier alpha value is -3.02. The number of amides is 1. The lowest BCUT2D eigenvalue weighted by Crippen LogP contribution is -2.49. The van der Waals surface area contributed by atoms with Gasteiger partial charge in [0.15, 0.2) is 11.5 Å². The summed E-state index contributed by atoms with van der Waals surface area (Å²) in [6.07, 6.45) is 1.22. The molecule has 0 radical (unpaired) electrons. The van der Waals surface area contributed by atoms with E-state index in [9.17, 15) is 9.59 Å². The van der Waals surface area contributed by atoms with Gasteiger partial charge < -0.3 is 19.3 Å². The summed E-state index contributed by atoms with van der Waals surface area (Å²) in [6, 6.07) is 13.3. The average Bonchev–Trinajstić information content (AvgIpc) is 2.74. The molecule has 0 aromatic heterocycles. The van der Waals surface area contributed by atoms with Gasteiger partial charge in [0.1, 0.15) is 6.29 Å². The van der Waals surface area contributed by atoms with E-state index in [1.807, 2.05) is 54.3 Å². The summed E-state index contributed by atoms with van der Waals surface area (Å²) in [4.78, 5) is 27.6. The molecular weight excluding hydrogens is 356 g/mol. The largest absolute Gasteiger partial charge is 0.493 e. The van der Waals surface area contributed by atoms with Crippen LogP contribution in [0.4, 0.5) is 5.69 Å². The maximum atomic E-state index is 12.5. The van der Waals surface area contributed by atoms with Gasteiger partial charge in [-0.15, -0.1) is 0 Å². The van der Waals surface area contributed by atoms with E-state index >= 15 is 0 Å². The molecule has 1 aliphatic heterocycles. The molecule has 0 saturated carbocycles. The van der Waals surface area contributed by atoms with E-state index in [2.05, 4.69) is 4.90 Å². The highest BCUT2D eigenvalue weighted by Gasteiger charge is 2.21. The van der Waals surface area contributed by atoms with Crippen molar-refractivity contribution in [1.29, 1.82) is 0 Å². The summed E-state index contributed by atoms with van der Waals surface area (Å²) in [5.74, 6) is 1.42. The number of ether oxygens (including phenoxy) is 2. The smallest absolute Gasteiger partial charge is 0.226 e. The number of anilines is 1. The van der Waals surface area contributed by atoms with Crippen molar-refractivity contribution < 1.29 is 19.1 Å². The first-order chi connectivity index (χ1) is 13.6. The van der Waals surface area contributed by atoms with Gasteiger partial charge in [-0.2, -0.15) is 0 Å². The molecule has 2 aromatic rings. The highest BCUT2D eigenvalue weighted by atomic mass is 16.5. The molecule has 0 unspecified atom stereocenters. The average molecular weight is 382 g/mol. The molecule has 1 aliphatic rings. The number of aldehydes is 1. The topological polar surface area (TPSA) is 59.1 Å². The maximum absolute atomic E-state index is 12.5. The Morgan fingerprint density at radius 3 is 2.43 bits per heavy atom. The van der Waals surface area contributed by atoms with E-state index in [1.54, 1.807) is 7.11 Å². The Bertz CT molecular complexity index is 829. The first-order valence-electron chi connectivity index (χ1n) is 9.46. The van der Waals surface area contributed by atoms with Crippen molar-refractivity contribution in [3.8, 4) is 11.5 Å². The van der Waals surface area contributed by atoms with E-state index in [-0.39, 0.29) is 5.91 Å². The number of para-hydroxylation sites is 2. The number of nitrogens with zero attached hydrogens (tertiary/aromatic N) is 2. The second-order valence-corrected chi connectivity index (χ2v) is 6.78. The normalized spacial score (nSPS) is 13.9. The van der Waals surface area contributed by atoms with Gasteiger partial charge in [0.25, 0.3) is 0 Å². The van der Waals surface area contributed by atoms with Gasteiger partial charge >= 0.3 is 0 Å². The number of carbonyl (C=O) groups excluding carboxylic acids is 2. The zero-order chi connectivity index (χ0) is 19.9. The van der Waals surface area contributed by atoms with E-state index < -0.39 is 0 Å². The molecule has 1 heterocycles. The van der Waals surface area contributed by atoms with E-state index in [1.165, 1.54) is 0 Å². The van der Waals surface area contributed by atoms with Gasteiger partial charge in [-0.1, -0.05) is 12.1 Å². The molecule has 6 heteroatoms. The third-order valence-electron chi connectivity index (χ3n) is 5.02. The summed E-state index contributed by atoms with van der Waals surface area (Å²) in [6.45, 7) is 5.18. The Kier molecular flexibility index (Phi) is 6.53. The van der Waals surface area contributed by atoms with Crippen LogP contribution < -0.4 is 14.4 Å². The Morgan fingerprint density at radius 2 is 1.79 bits per heavy atom. The highest BCUT2D eigenvalue weighted by molar-refractivity contribution is 5.79. The number of methoxy groups -OCH3 is 1. The van der Waals surface area contributed by atoms with E-state index in [0.29, 0.717) is 43.2 Å². The second-order valence-electron chi connectivity index (χ2n) is 6.78. The van der Waals surface area contributed by atoms with Crippen LogP contribution in [0.1, 0.15) is 22.3 Å². The minimum Gasteiger partial charge on any atom is -0.493 e. The van der Waals surface area contributed by atoms with Crippen LogP contribution in [0.5, 0.6) is 11.5 Å². The predicted molar refractivity (Wildman–Crippen MR) is 108 cm³/mol. The standard InChI is InChI=1S/C22H26N2O4/c1-17-15-19(8-7-18(17)16-25)23-10-12-24(13-11-23)22(26)9-14-28-21-6-4-3-5-20(21)27-2/h3-8,15-16H,9-14H2,1-2H3. The van der Waals surface area contributed by atoms with Gasteiger partial charge in [0.2, 0.25) is 5.91 Å². The third-order valence-corrected chi connectivity index (χ3v) is 5.02. The number of hydrogen-bond donors (Lipinski definition) is 0. The molecule has 1 fully saturated rings. The molecule has 28 heavy (non-hydrogen) atoms. The van der Waals surface area contributed by atoms with Gasteiger partial charge in [-0.25, -0.2) is 0 Å². The van der Waals surface area contributed by atoms with Gasteiger partial charge in [-0.05, 0) is 42.8 Å². The molecule has 1 saturated heterocycles. The number of rotatable bonds is 7. The van der Waals surface area contributed by atoms with Crippen LogP contribution in [-0.4, -0.2) is 57.0 Å². The number of benzene rings is 2. The monoisotopic (exact) mass is 382 g/mol. The quantitative estimate of drug-likeness (QED) is 0.689. The number of carbonyl (C=O) groups is 2. The molecule has 3 rings (SSSR count). The Morgan fingerprint density at radius 1 is 1.07 bits per heavy atom. The maximum Gasteiger partial charge on any atom is 0.226 e. The molecule has 0 atom stereocenters. The Balaban J connectivity index is 1.47. The Labute approximate surface area is 165 Å². The van der Waals surface area contributed by atoms with Crippen LogP contribution in [0, 0.1) is 6.92 Å². The van der Waals surface area contributed by atoms with Crippen LogP contribution in [0.2, 0.25) is 0 Å². The van der Waals surface area contributed by atoms with Gasteiger partial charge in [0, 0.05) is 37.4 Å². The zero-order valence-corrected chi connectivity index (χ0v) is 16.4. The molecule has 148 valence electrons. The highest BCUT2D eigenvalue weighted by Crippen LogP contribution is 2.26. The summed E-state index contributed by atoms with van der Waals surface area (Å²) >= 11 is 0. The number of aryl methyl sites for hydroxylation is 1. The molecule has 0 bridgehead atoms. The number of hydrogen-bond acceptors (Lipinski definition) is 5. The fraction of sp³-hybridized carbons (Fsp3) is 0.364. The molecule has 0 aliphatic carbocycles. The molecule has 0 N–H and O–H groups in total.